The van der Waals surface area contributed by atoms with Gasteiger partial charge in [-0.05, 0) is 58.7 Å². The predicted octanol–water partition coefficient (Wildman–Crippen LogP) is 4.59. The van der Waals surface area contributed by atoms with E-state index in [2.05, 4.69) is 67.2 Å². The van der Waals surface area contributed by atoms with E-state index in [0.717, 1.165) is 6.42 Å². The molecule has 0 spiro atoms. The molecule has 2 heteroatoms. The summed E-state index contributed by atoms with van der Waals surface area (Å²) in [4.78, 5) is 0. The van der Waals surface area contributed by atoms with Gasteiger partial charge in [-0.1, -0.05) is 38.1 Å². The van der Waals surface area contributed by atoms with E-state index in [-0.39, 0.29) is 0 Å². The van der Waals surface area contributed by atoms with Crippen LogP contribution < -0.4 is 5.32 Å². The molecular weight excluding hydrogens is 262 g/mol. The Labute approximate surface area is 126 Å². The van der Waals surface area contributed by atoms with Gasteiger partial charge in [0.25, 0.3) is 0 Å². The first kappa shape index (κ1) is 13.8. The predicted molar refractivity (Wildman–Crippen MR) is 87.3 cm³/mol. The van der Waals surface area contributed by atoms with E-state index in [9.17, 15) is 0 Å². The first-order valence-corrected chi connectivity index (χ1v) is 8.35. The molecule has 3 rings (SSSR count). The minimum Gasteiger partial charge on any atom is -0.307 e. The summed E-state index contributed by atoms with van der Waals surface area (Å²) < 4.78 is 0. The topological polar surface area (TPSA) is 12.0 Å². The maximum absolute atomic E-state index is 3.87. The molecule has 0 saturated heterocycles. The van der Waals surface area contributed by atoms with E-state index in [1.165, 1.54) is 23.1 Å². The van der Waals surface area contributed by atoms with E-state index in [0.29, 0.717) is 17.5 Å². The number of fused-ring (bicyclic) bond motifs is 1. The summed E-state index contributed by atoms with van der Waals surface area (Å²) in [5.74, 6) is 0. The monoisotopic (exact) mass is 285 g/mol. The molecule has 1 aliphatic carbocycles. The van der Waals surface area contributed by atoms with Crippen LogP contribution in [-0.2, 0) is 12.8 Å². The van der Waals surface area contributed by atoms with Gasteiger partial charge < -0.3 is 5.32 Å². The molecule has 0 radical (unpaired) electrons. The molecule has 1 nitrogen and oxygen atoms in total. The largest absolute Gasteiger partial charge is 0.307 e. The molecule has 0 fully saturated rings. The normalized spacial score (nSPS) is 21.6. The summed E-state index contributed by atoms with van der Waals surface area (Å²) in [6.45, 7) is 7.05. The summed E-state index contributed by atoms with van der Waals surface area (Å²) in [6.07, 6.45) is 2.28. The second kappa shape index (κ2) is 5.34. The fourth-order valence-electron chi connectivity index (χ4n) is 3.41. The summed E-state index contributed by atoms with van der Waals surface area (Å²) in [6, 6.07) is 12.1. The van der Waals surface area contributed by atoms with Crippen LogP contribution in [0.5, 0.6) is 0 Å². The van der Waals surface area contributed by atoms with Crippen LogP contribution in [0.4, 0.5) is 0 Å². The molecule has 1 aliphatic rings. The van der Waals surface area contributed by atoms with Crippen LogP contribution in [-0.4, -0.2) is 6.04 Å². The molecule has 1 N–H and O–H groups in total. The maximum atomic E-state index is 3.87. The Bertz CT molecular complexity index is 571. The first-order chi connectivity index (χ1) is 9.56. The minimum absolute atomic E-state index is 0.298. The Balaban J connectivity index is 1.75. The van der Waals surface area contributed by atoms with Crippen molar-refractivity contribution < 1.29 is 0 Å². The van der Waals surface area contributed by atoms with Gasteiger partial charge in [0, 0.05) is 12.1 Å². The van der Waals surface area contributed by atoms with Gasteiger partial charge in [-0.15, -0.1) is 0 Å². The quantitative estimate of drug-likeness (QED) is 0.866. The number of rotatable bonds is 4. The zero-order valence-electron chi connectivity index (χ0n) is 12.5. The van der Waals surface area contributed by atoms with Crippen molar-refractivity contribution in [2.75, 3.05) is 0 Å². The smallest absolute Gasteiger partial charge is 0.0380 e. The Morgan fingerprint density at radius 2 is 2.10 bits per heavy atom. The van der Waals surface area contributed by atoms with E-state index < -0.39 is 0 Å². The van der Waals surface area contributed by atoms with Gasteiger partial charge in [0.15, 0.2) is 0 Å². The van der Waals surface area contributed by atoms with Gasteiger partial charge in [-0.25, -0.2) is 0 Å². The van der Waals surface area contributed by atoms with Gasteiger partial charge in [0.1, 0.15) is 0 Å². The van der Waals surface area contributed by atoms with Crippen LogP contribution in [0.1, 0.15) is 43.5 Å². The van der Waals surface area contributed by atoms with Gasteiger partial charge in [-0.3, -0.25) is 0 Å². The summed E-state index contributed by atoms with van der Waals surface area (Å²) in [5, 5.41) is 8.29. The van der Waals surface area contributed by atoms with E-state index in [1.807, 2.05) is 0 Å². The number of benzene rings is 1. The van der Waals surface area contributed by atoms with Gasteiger partial charge in [-0.2, -0.15) is 11.3 Å². The number of hydrogen-bond acceptors (Lipinski definition) is 2. The van der Waals surface area contributed by atoms with Crippen molar-refractivity contribution in [1.82, 2.24) is 5.32 Å². The Hall–Kier alpha value is -1.12. The Kier molecular flexibility index (Phi) is 3.70. The Morgan fingerprint density at radius 1 is 1.30 bits per heavy atom. The van der Waals surface area contributed by atoms with Gasteiger partial charge >= 0.3 is 0 Å². The molecular formula is C18H23NS. The summed E-state index contributed by atoms with van der Waals surface area (Å²) in [7, 11) is 0. The molecule has 1 aromatic carbocycles. The van der Waals surface area contributed by atoms with Crippen molar-refractivity contribution in [2.24, 2.45) is 5.41 Å². The fraction of sp³-hybridized carbons (Fsp3) is 0.444. The van der Waals surface area contributed by atoms with Crippen molar-refractivity contribution in [1.29, 1.82) is 0 Å². The highest BCUT2D eigenvalue weighted by Gasteiger charge is 2.38. The molecule has 2 unspecified atom stereocenters. The van der Waals surface area contributed by atoms with E-state index >= 15 is 0 Å². The highest BCUT2D eigenvalue weighted by atomic mass is 32.1. The van der Waals surface area contributed by atoms with Crippen molar-refractivity contribution in [3.05, 3.63) is 57.8 Å². The molecule has 1 aromatic heterocycles. The SMILES string of the molecule is CC(Cc1ccsc1)NC1c2ccccc2CC1(C)C. The van der Waals surface area contributed by atoms with Crippen molar-refractivity contribution in [3.63, 3.8) is 0 Å². The van der Waals surface area contributed by atoms with Crippen LogP contribution in [0.15, 0.2) is 41.1 Å². The van der Waals surface area contributed by atoms with Gasteiger partial charge in [0.2, 0.25) is 0 Å². The maximum Gasteiger partial charge on any atom is 0.0380 e. The van der Waals surface area contributed by atoms with Crippen molar-refractivity contribution in [3.8, 4) is 0 Å². The second-order valence-electron chi connectivity index (χ2n) is 6.70. The molecule has 0 bridgehead atoms. The standard InChI is InChI=1S/C18H23NS/c1-13(10-14-8-9-20-12-14)19-17-16-7-5-4-6-15(16)11-18(17,2)3/h4-9,12-13,17,19H,10-11H2,1-3H3. The second-order valence-corrected chi connectivity index (χ2v) is 7.48. The van der Waals surface area contributed by atoms with Crippen LogP contribution in [0.2, 0.25) is 0 Å². The highest BCUT2D eigenvalue weighted by molar-refractivity contribution is 7.07. The lowest BCUT2D eigenvalue weighted by Gasteiger charge is -2.31. The average Bonchev–Trinajstić information content (AvgIpc) is 2.97. The zero-order valence-corrected chi connectivity index (χ0v) is 13.3. The van der Waals surface area contributed by atoms with Crippen molar-refractivity contribution >= 4 is 11.3 Å². The third-order valence-corrected chi connectivity index (χ3v) is 5.10. The molecule has 0 amide bonds. The minimum atomic E-state index is 0.298. The van der Waals surface area contributed by atoms with Crippen LogP contribution in [0, 0.1) is 5.41 Å². The van der Waals surface area contributed by atoms with Crippen molar-refractivity contribution in [2.45, 2.75) is 45.7 Å². The number of hydrogen-bond donors (Lipinski definition) is 1. The lowest BCUT2D eigenvalue weighted by molar-refractivity contribution is 0.251. The van der Waals surface area contributed by atoms with E-state index in [4.69, 9.17) is 0 Å². The lowest BCUT2D eigenvalue weighted by Crippen LogP contribution is -2.38. The molecule has 20 heavy (non-hydrogen) atoms. The number of nitrogens with one attached hydrogen (secondary N) is 1. The molecule has 0 saturated carbocycles. The molecule has 2 atom stereocenters. The lowest BCUT2D eigenvalue weighted by atomic mass is 9.85. The molecule has 2 aromatic rings. The third kappa shape index (κ3) is 2.68. The summed E-state index contributed by atoms with van der Waals surface area (Å²) >= 11 is 1.78. The first-order valence-electron chi connectivity index (χ1n) is 7.41. The van der Waals surface area contributed by atoms with Gasteiger partial charge in [0.05, 0.1) is 0 Å². The molecule has 1 heterocycles. The fourth-order valence-corrected chi connectivity index (χ4v) is 4.09. The highest BCUT2D eigenvalue weighted by Crippen LogP contribution is 2.45. The van der Waals surface area contributed by atoms with Crippen LogP contribution >= 0.6 is 11.3 Å². The van der Waals surface area contributed by atoms with Crippen LogP contribution in [0.3, 0.4) is 0 Å². The van der Waals surface area contributed by atoms with Crippen LogP contribution in [0.25, 0.3) is 0 Å². The molecule has 106 valence electrons. The molecule has 0 aliphatic heterocycles. The summed E-state index contributed by atoms with van der Waals surface area (Å²) in [5.41, 5.74) is 4.75. The average molecular weight is 285 g/mol. The van der Waals surface area contributed by atoms with E-state index in [1.54, 1.807) is 11.3 Å². The third-order valence-electron chi connectivity index (χ3n) is 4.37. The zero-order chi connectivity index (χ0) is 14.2. The number of thiophene rings is 1. The Morgan fingerprint density at radius 3 is 2.85 bits per heavy atom.